The molecule has 0 saturated carbocycles. The Morgan fingerprint density at radius 1 is 1.14 bits per heavy atom. The first-order valence-electron chi connectivity index (χ1n) is 7.25. The summed E-state index contributed by atoms with van der Waals surface area (Å²) in [5, 5.41) is 3.81. The topological polar surface area (TPSA) is 30.5 Å². The first kappa shape index (κ1) is 14.9. The van der Waals surface area contributed by atoms with E-state index in [1.54, 1.807) is 12.1 Å². The zero-order chi connectivity index (χ0) is 15.4. The molecular weight excluding hydrogens is 298 g/mol. The second kappa shape index (κ2) is 6.86. The molecule has 0 atom stereocenters. The zero-order valence-corrected chi connectivity index (χ0v) is 13.0. The van der Waals surface area contributed by atoms with Crippen LogP contribution < -0.4 is 14.8 Å². The highest BCUT2D eigenvalue weighted by Crippen LogP contribution is 2.32. The average Bonchev–Trinajstić information content (AvgIpc) is 2.50. The summed E-state index contributed by atoms with van der Waals surface area (Å²) in [6, 6.07) is 15.4. The molecule has 3 nitrogen and oxygen atoms in total. The van der Waals surface area contributed by atoms with Gasteiger partial charge >= 0.3 is 0 Å². The van der Waals surface area contributed by atoms with Crippen molar-refractivity contribution in [3.63, 3.8) is 0 Å². The lowest BCUT2D eigenvalue weighted by Gasteiger charge is -2.28. The van der Waals surface area contributed by atoms with Gasteiger partial charge in [-0.1, -0.05) is 48.5 Å². The third-order valence-corrected chi connectivity index (χ3v) is 3.76. The number of halogens is 1. The van der Waals surface area contributed by atoms with Gasteiger partial charge in [-0.05, 0) is 23.3 Å². The number of hydrogen-bond donors (Lipinski definition) is 1. The van der Waals surface area contributed by atoms with Crippen LogP contribution in [0.2, 0.25) is 5.02 Å². The molecule has 114 valence electrons. The SMILES string of the molecule is C=C(COc1ccc(Cl)cc1OC1CNC1)c1ccccc1. The second-order valence-electron chi connectivity index (χ2n) is 5.25. The maximum Gasteiger partial charge on any atom is 0.163 e. The Kier molecular flexibility index (Phi) is 4.66. The summed E-state index contributed by atoms with van der Waals surface area (Å²) < 4.78 is 11.8. The Morgan fingerprint density at radius 2 is 1.91 bits per heavy atom. The van der Waals surface area contributed by atoms with Crippen LogP contribution in [0.25, 0.3) is 5.57 Å². The van der Waals surface area contributed by atoms with E-state index in [1.807, 2.05) is 36.4 Å². The van der Waals surface area contributed by atoms with Crippen LogP contribution in [0.4, 0.5) is 0 Å². The summed E-state index contributed by atoms with van der Waals surface area (Å²) in [6.07, 6.45) is 0.179. The fourth-order valence-electron chi connectivity index (χ4n) is 2.14. The van der Waals surface area contributed by atoms with Crippen LogP contribution in [0.3, 0.4) is 0 Å². The Balaban J connectivity index is 1.67. The number of ether oxygens (including phenoxy) is 2. The van der Waals surface area contributed by atoms with Crippen molar-refractivity contribution >= 4 is 17.2 Å². The van der Waals surface area contributed by atoms with Crippen LogP contribution in [0.1, 0.15) is 5.56 Å². The van der Waals surface area contributed by atoms with Gasteiger partial charge in [0.2, 0.25) is 0 Å². The zero-order valence-electron chi connectivity index (χ0n) is 12.2. The van der Waals surface area contributed by atoms with Gasteiger partial charge in [-0.2, -0.15) is 0 Å². The highest BCUT2D eigenvalue weighted by molar-refractivity contribution is 6.30. The van der Waals surface area contributed by atoms with Gasteiger partial charge in [0, 0.05) is 24.2 Å². The van der Waals surface area contributed by atoms with E-state index in [-0.39, 0.29) is 6.10 Å². The lowest BCUT2D eigenvalue weighted by molar-refractivity contribution is 0.136. The smallest absolute Gasteiger partial charge is 0.163 e. The second-order valence-corrected chi connectivity index (χ2v) is 5.68. The van der Waals surface area contributed by atoms with E-state index in [9.17, 15) is 0 Å². The van der Waals surface area contributed by atoms with Gasteiger partial charge in [0.15, 0.2) is 11.5 Å². The van der Waals surface area contributed by atoms with Crippen LogP contribution in [0, 0.1) is 0 Å². The Hall–Kier alpha value is -1.97. The molecular formula is C18H18ClNO2. The Morgan fingerprint density at radius 3 is 2.59 bits per heavy atom. The van der Waals surface area contributed by atoms with Gasteiger partial charge in [-0.25, -0.2) is 0 Å². The molecule has 0 aliphatic carbocycles. The van der Waals surface area contributed by atoms with Gasteiger partial charge in [-0.3, -0.25) is 0 Å². The Labute approximate surface area is 135 Å². The number of benzene rings is 2. The van der Waals surface area contributed by atoms with Crippen molar-refractivity contribution in [1.29, 1.82) is 0 Å². The molecule has 1 saturated heterocycles. The molecule has 0 aromatic heterocycles. The van der Waals surface area contributed by atoms with E-state index < -0.39 is 0 Å². The lowest BCUT2D eigenvalue weighted by atomic mass is 10.1. The molecule has 1 N–H and O–H groups in total. The van der Waals surface area contributed by atoms with Crippen LogP contribution in [-0.2, 0) is 0 Å². The molecule has 0 amide bonds. The van der Waals surface area contributed by atoms with E-state index in [0.717, 1.165) is 24.2 Å². The molecule has 1 aliphatic heterocycles. The largest absolute Gasteiger partial charge is 0.485 e. The summed E-state index contributed by atoms with van der Waals surface area (Å²) in [6.45, 7) is 6.18. The fraction of sp³-hybridized carbons (Fsp3) is 0.222. The molecule has 1 heterocycles. The monoisotopic (exact) mass is 315 g/mol. The van der Waals surface area contributed by atoms with Gasteiger partial charge in [0.25, 0.3) is 0 Å². The number of nitrogens with one attached hydrogen (secondary N) is 1. The third-order valence-electron chi connectivity index (χ3n) is 3.53. The molecule has 0 bridgehead atoms. The minimum atomic E-state index is 0.179. The van der Waals surface area contributed by atoms with E-state index in [4.69, 9.17) is 21.1 Å². The number of hydrogen-bond acceptors (Lipinski definition) is 3. The van der Waals surface area contributed by atoms with Gasteiger partial charge in [0.05, 0.1) is 0 Å². The predicted octanol–water partition coefficient (Wildman–Crippen LogP) is 3.78. The summed E-state index contributed by atoms with van der Waals surface area (Å²) in [5.41, 5.74) is 1.99. The highest BCUT2D eigenvalue weighted by Gasteiger charge is 2.20. The molecule has 2 aromatic carbocycles. The summed E-state index contributed by atoms with van der Waals surface area (Å²) in [5.74, 6) is 1.37. The van der Waals surface area contributed by atoms with Crippen molar-refractivity contribution in [1.82, 2.24) is 5.32 Å². The first-order chi connectivity index (χ1) is 10.7. The quantitative estimate of drug-likeness (QED) is 0.880. The van der Waals surface area contributed by atoms with E-state index in [1.165, 1.54) is 0 Å². The predicted molar refractivity (Wildman–Crippen MR) is 89.7 cm³/mol. The van der Waals surface area contributed by atoms with Crippen molar-refractivity contribution in [2.75, 3.05) is 19.7 Å². The van der Waals surface area contributed by atoms with Crippen LogP contribution in [0.5, 0.6) is 11.5 Å². The average molecular weight is 316 g/mol. The van der Waals surface area contributed by atoms with Crippen LogP contribution >= 0.6 is 11.6 Å². The summed E-state index contributed by atoms with van der Waals surface area (Å²) in [7, 11) is 0. The van der Waals surface area contributed by atoms with E-state index >= 15 is 0 Å². The van der Waals surface area contributed by atoms with Crippen molar-refractivity contribution in [3.8, 4) is 11.5 Å². The van der Waals surface area contributed by atoms with E-state index in [0.29, 0.717) is 23.1 Å². The van der Waals surface area contributed by atoms with Crippen molar-refractivity contribution < 1.29 is 9.47 Å². The van der Waals surface area contributed by atoms with Gasteiger partial charge < -0.3 is 14.8 Å². The van der Waals surface area contributed by atoms with Gasteiger partial charge in [-0.15, -0.1) is 0 Å². The molecule has 1 fully saturated rings. The van der Waals surface area contributed by atoms with E-state index in [2.05, 4.69) is 11.9 Å². The molecule has 22 heavy (non-hydrogen) atoms. The third kappa shape index (κ3) is 3.62. The first-order valence-corrected chi connectivity index (χ1v) is 7.63. The minimum Gasteiger partial charge on any atom is -0.485 e. The molecule has 1 aliphatic rings. The maximum atomic E-state index is 6.05. The minimum absolute atomic E-state index is 0.179. The van der Waals surface area contributed by atoms with Crippen molar-refractivity contribution in [2.45, 2.75) is 6.10 Å². The molecule has 2 aromatic rings. The highest BCUT2D eigenvalue weighted by atomic mass is 35.5. The van der Waals surface area contributed by atoms with Crippen molar-refractivity contribution in [2.24, 2.45) is 0 Å². The van der Waals surface area contributed by atoms with Crippen LogP contribution in [0.15, 0.2) is 55.1 Å². The van der Waals surface area contributed by atoms with Gasteiger partial charge in [0.1, 0.15) is 12.7 Å². The van der Waals surface area contributed by atoms with Crippen molar-refractivity contribution in [3.05, 3.63) is 65.7 Å². The standard InChI is InChI=1S/C18H18ClNO2/c1-13(14-5-3-2-4-6-14)12-21-17-8-7-15(19)9-18(17)22-16-10-20-11-16/h2-9,16,20H,1,10-12H2. The summed E-state index contributed by atoms with van der Waals surface area (Å²) in [4.78, 5) is 0. The lowest BCUT2D eigenvalue weighted by Crippen LogP contribution is -2.50. The maximum absolute atomic E-state index is 6.05. The molecule has 0 radical (unpaired) electrons. The molecule has 3 rings (SSSR count). The Bertz CT molecular complexity index is 653. The summed E-state index contributed by atoms with van der Waals surface area (Å²) >= 11 is 6.05. The van der Waals surface area contributed by atoms with Crippen LogP contribution in [-0.4, -0.2) is 25.8 Å². The number of rotatable bonds is 6. The molecule has 4 heteroatoms. The molecule has 0 spiro atoms. The fourth-order valence-corrected chi connectivity index (χ4v) is 2.30. The normalized spacial score (nSPS) is 14.2. The molecule has 0 unspecified atom stereocenters.